The Bertz CT molecular complexity index is 1040. The van der Waals surface area contributed by atoms with Crippen LogP contribution in [-0.2, 0) is 11.3 Å². The molecule has 27 heavy (non-hydrogen) atoms. The molecule has 0 spiro atoms. The summed E-state index contributed by atoms with van der Waals surface area (Å²) in [4.78, 5) is 35.1. The van der Waals surface area contributed by atoms with Crippen LogP contribution in [0, 0.1) is 0 Å². The molecule has 1 amide bonds. The predicted molar refractivity (Wildman–Crippen MR) is 103 cm³/mol. The zero-order valence-electron chi connectivity index (χ0n) is 14.3. The van der Waals surface area contributed by atoms with Gasteiger partial charge in [-0.15, -0.1) is 0 Å². The maximum Gasteiger partial charge on any atom is 0.323 e. The van der Waals surface area contributed by atoms with Crippen molar-refractivity contribution in [3.8, 4) is 16.9 Å². The van der Waals surface area contributed by atoms with Gasteiger partial charge in [-0.25, -0.2) is 0 Å². The normalized spacial score (nSPS) is 10.4. The molecule has 0 atom stereocenters. The van der Waals surface area contributed by atoms with E-state index < -0.39 is 24.0 Å². The second kappa shape index (κ2) is 7.88. The smallest absolute Gasteiger partial charge is 0.323 e. The lowest BCUT2D eigenvalue weighted by atomic mass is 10.1. The van der Waals surface area contributed by atoms with Gasteiger partial charge in [0.1, 0.15) is 12.3 Å². The lowest BCUT2D eigenvalue weighted by molar-refractivity contribution is -0.137. The van der Waals surface area contributed by atoms with E-state index in [2.05, 4.69) is 5.32 Å². The molecule has 0 fully saturated rings. The quantitative estimate of drug-likeness (QED) is 0.681. The average Bonchev–Trinajstić information content (AvgIpc) is 3.18. The number of hydrogen-bond donors (Lipinski definition) is 2. The Morgan fingerprint density at radius 3 is 2.67 bits per heavy atom. The second-order valence-electron chi connectivity index (χ2n) is 5.66. The van der Waals surface area contributed by atoms with Crippen LogP contribution >= 0.6 is 11.3 Å². The number of thiophene rings is 1. The van der Waals surface area contributed by atoms with E-state index in [0.29, 0.717) is 17.0 Å². The molecule has 0 aliphatic heterocycles. The Morgan fingerprint density at radius 1 is 1.19 bits per heavy atom. The zero-order valence-corrected chi connectivity index (χ0v) is 15.2. The summed E-state index contributed by atoms with van der Waals surface area (Å²) < 4.78 is 6.36. The van der Waals surface area contributed by atoms with Crippen molar-refractivity contribution in [1.29, 1.82) is 0 Å². The highest BCUT2D eigenvalue weighted by Crippen LogP contribution is 2.29. The first kappa shape index (κ1) is 18.4. The monoisotopic (exact) mass is 384 g/mol. The number of pyridine rings is 1. The molecule has 2 heterocycles. The first-order chi connectivity index (χ1) is 13.0. The summed E-state index contributed by atoms with van der Waals surface area (Å²) in [6.07, 6.45) is 1.29. The topological polar surface area (TPSA) is 97.6 Å². The number of hydrogen-bond acceptors (Lipinski definition) is 5. The molecule has 0 unspecified atom stereocenters. The van der Waals surface area contributed by atoms with Gasteiger partial charge in [-0.05, 0) is 46.2 Å². The van der Waals surface area contributed by atoms with E-state index in [-0.39, 0.29) is 0 Å². The molecule has 3 rings (SSSR count). The van der Waals surface area contributed by atoms with Crippen LogP contribution in [0.25, 0.3) is 11.1 Å². The minimum atomic E-state index is -1.15. The van der Waals surface area contributed by atoms with Gasteiger partial charge in [0.2, 0.25) is 0 Å². The van der Waals surface area contributed by atoms with Gasteiger partial charge in [-0.3, -0.25) is 14.4 Å². The fraction of sp³-hybridized carbons (Fsp3) is 0.105. The molecule has 0 saturated heterocycles. The first-order valence-corrected chi connectivity index (χ1v) is 8.86. The van der Waals surface area contributed by atoms with Crippen LogP contribution in [0.1, 0.15) is 10.4 Å². The summed E-state index contributed by atoms with van der Waals surface area (Å²) in [7, 11) is 1.48. The van der Waals surface area contributed by atoms with Gasteiger partial charge in [-0.2, -0.15) is 11.3 Å². The lowest BCUT2D eigenvalue weighted by Gasteiger charge is -2.12. The minimum absolute atomic E-state index is 0.310. The molecular weight excluding hydrogens is 368 g/mol. The number of nitrogens with zero attached hydrogens (tertiary/aromatic N) is 1. The van der Waals surface area contributed by atoms with E-state index in [1.165, 1.54) is 25.4 Å². The third-order valence-corrected chi connectivity index (χ3v) is 4.53. The fourth-order valence-corrected chi connectivity index (χ4v) is 3.23. The number of ether oxygens (including phenoxy) is 1. The summed E-state index contributed by atoms with van der Waals surface area (Å²) >= 11 is 1.58. The molecule has 0 saturated carbocycles. The Balaban J connectivity index is 1.86. The summed E-state index contributed by atoms with van der Waals surface area (Å²) in [5.74, 6) is -1.16. The number of carbonyl (C=O) groups excluding carboxylic acids is 1. The largest absolute Gasteiger partial charge is 0.496 e. The number of nitrogens with one attached hydrogen (secondary N) is 1. The van der Waals surface area contributed by atoms with Crippen molar-refractivity contribution in [2.45, 2.75) is 6.54 Å². The standard InChI is InChI=1S/C19H16N2O5S/c1-26-16-8-12(13-6-7-27-11-13)2-4-15(16)19(25)20-14-3-5-17(22)21(9-14)10-18(23)24/h2-9,11H,10H2,1H3,(H,20,25)(H,23,24). The molecule has 8 heteroatoms. The molecule has 0 aliphatic rings. The number of anilines is 1. The van der Waals surface area contributed by atoms with Gasteiger partial charge >= 0.3 is 5.97 Å². The van der Waals surface area contributed by atoms with Crippen molar-refractivity contribution < 1.29 is 19.4 Å². The van der Waals surface area contributed by atoms with E-state index >= 15 is 0 Å². The van der Waals surface area contributed by atoms with Gasteiger partial charge in [0.05, 0.1) is 18.4 Å². The highest BCUT2D eigenvalue weighted by Gasteiger charge is 2.15. The van der Waals surface area contributed by atoms with E-state index in [4.69, 9.17) is 9.84 Å². The molecule has 138 valence electrons. The van der Waals surface area contributed by atoms with Gasteiger partial charge in [0.25, 0.3) is 11.5 Å². The Morgan fingerprint density at radius 2 is 2.00 bits per heavy atom. The summed E-state index contributed by atoms with van der Waals surface area (Å²) in [5, 5.41) is 15.5. The van der Waals surface area contributed by atoms with E-state index in [0.717, 1.165) is 15.7 Å². The molecule has 7 nitrogen and oxygen atoms in total. The van der Waals surface area contributed by atoms with Crippen molar-refractivity contribution in [2.75, 3.05) is 12.4 Å². The van der Waals surface area contributed by atoms with Crippen LogP contribution < -0.4 is 15.6 Å². The summed E-state index contributed by atoms with van der Waals surface area (Å²) in [6, 6.07) is 9.87. The van der Waals surface area contributed by atoms with Crippen LogP contribution in [0.2, 0.25) is 0 Å². The number of carbonyl (C=O) groups is 2. The molecule has 2 N–H and O–H groups in total. The third kappa shape index (κ3) is 4.24. The number of carboxylic acid groups (broad SMARTS) is 1. The van der Waals surface area contributed by atoms with E-state index in [1.54, 1.807) is 23.5 Å². The average molecular weight is 384 g/mol. The number of aromatic nitrogens is 1. The molecule has 0 bridgehead atoms. The first-order valence-electron chi connectivity index (χ1n) is 7.92. The van der Waals surface area contributed by atoms with Crippen molar-refractivity contribution in [1.82, 2.24) is 4.57 Å². The van der Waals surface area contributed by atoms with Crippen molar-refractivity contribution >= 4 is 28.9 Å². The second-order valence-corrected chi connectivity index (χ2v) is 6.44. The number of aliphatic carboxylic acids is 1. The number of methoxy groups -OCH3 is 1. The zero-order chi connectivity index (χ0) is 19.4. The predicted octanol–water partition coefficient (Wildman–Crippen LogP) is 2.92. The summed E-state index contributed by atoms with van der Waals surface area (Å²) in [5.41, 5.74) is 2.14. The highest BCUT2D eigenvalue weighted by molar-refractivity contribution is 7.08. The molecule has 3 aromatic rings. The van der Waals surface area contributed by atoms with Gasteiger partial charge in [0, 0.05) is 12.3 Å². The van der Waals surface area contributed by atoms with Gasteiger partial charge in [0.15, 0.2) is 0 Å². The maximum absolute atomic E-state index is 12.6. The molecule has 2 aromatic heterocycles. The Kier molecular flexibility index (Phi) is 5.37. The summed E-state index contributed by atoms with van der Waals surface area (Å²) in [6.45, 7) is -0.485. The SMILES string of the molecule is COc1cc(-c2ccsc2)ccc1C(=O)Nc1ccc(=O)n(CC(=O)O)c1. The third-order valence-electron chi connectivity index (χ3n) is 3.85. The van der Waals surface area contributed by atoms with Crippen LogP contribution in [0.4, 0.5) is 5.69 Å². The molecule has 0 aliphatic carbocycles. The van der Waals surface area contributed by atoms with Crippen molar-refractivity contribution in [3.05, 3.63) is 69.3 Å². The lowest BCUT2D eigenvalue weighted by Crippen LogP contribution is -2.24. The Hall–Kier alpha value is -3.39. The minimum Gasteiger partial charge on any atom is -0.496 e. The number of amides is 1. The number of benzene rings is 1. The van der Waals surface area contributed by atoms with Crippen LogP contribution in [0.15, 0.2) is 58.1 Å². The number of carboxylic acids is 1. The Labute approximate surface area is 158 Å². The number of rotatable bonds is 6. The van der Waals surface area contributed by atoms with Crippen molar-refractivity contribution in [3.63, 3.8) is 0 Å². The van der Waals surface area contributed by atoms with E-state index in [9.17, 15) is 14.4 Å². The van der Waals surface area contributed by atoms with Crippen LogP contribution in [0.3, 0.4) is 0 Å². The fourth-order valence-electron chi connectivity index (χ4n) is 2.56. The maximum atomic E-state index is 12.6. The van der Waals surface area contributed by atoms with Gasteiger partial charge < -0.3 is 19.7 Å². The highest BCUT2D eigenvalue weighted by atomic mass is 32.1. The van der Waals surface area contributed by atoms with Crippen LogP contribution in [-0.4, -0.2) is 28.7 Å². The van der Waals surface area contributed by atoms with Crippen molar-refractivity contribution in [2.24, 2.45) is 0 Å². The van der Waals surface area contributed by atoms with Gasteiger partial charge in [-0.1, -0.05) is 6.07 Å². The molecular formula is C19H16N2O5S. The molecule has 0 radical (unpaired) electrons. The van der Waals surface area contributed by atoms with Crippen LogP contribution in [0.5, 0.6) is 5.75 Å². The van der Waals surface area contributed by atoms with E-state index in [1.807, 2.05) is 22.9 Å². The molecule has 1 aromatic carbocycles.